The van der Waals surface area contributed by atoms with Crippen LogP contribution in [0.1, 0.15) is 38.1 Å². The third kappa shape index (κ3) is 4.50. The smallest absolute Gasteiger partial charge is 0.247 e. The van der Waals surface area contributed by atoms with E-state index in [0.29, 0.717) is 11.3 Å². The van der Waals surface area contributed by atoms with Gasteiger partial charge in [0.05, 0.1) is 0 Å². The highest BCUT2D eigenvalue weighted by Gasteiger charge is 2.22. The lowest BCUT2D eigenvalue weighted by atomic mass is 10.0. The number of carbonyl (C=O) groups excluding carboxylic acids is 3. The number of carbonyl (C=O) groups is 3. The average Bonchev–Trinajstić information content (AvgIpc) is 2.35. The second-order valence-corrected chi connectivity index (χ2v) is 5.04. The van der Waals surface area contributed by atoms with Crippen molar-refractivity contribution in [1.29, 1.82) is 0 Å². The van der Waals surface area contributed by atoms with Gasteiger partial charge in [0.25, 0.3) is 0 Å². The van der Waals surface area contributed by atoms with E-state index in [0.717, 1.165) is 0 Å². The van der Waals surface area contributed by atoms with E-state index >= 15 is 0 Å². The third-order valence-corrected chi connectivity index (χ3v) is 2.87. The molecular weight excluding hydrogens is 256 g/mol. The van der Waals surface area contributed by atoms with Gasteiger partial charge in [0.1, 0.15) is 6.04 Å². The van der Waals surface area contributed by atoms with Gasteiger partial charge in [0, 0.05) is 18.2 Å². The van der Waals surface area contributed by atoms with Crippen LogP contribution in [-0.4, -0.2) is 23.6 Å². The fourth-order valence-corrected chi connectivity index (χ4v) is 1.76. The fourth-order valence-electron chi connectivity index (χ4n) is 1.76. The number of hydrogen-bond acceptors (Lipinski definition) is 3. The molecule has 20 heavy (non-hydrogen) atoms. The highest BCUT2D eigenvalue weighted by Crippen LogP contribution is 2.12. The molecule has 1 rings (SSSR count). The zero-order valence-corrected chi connectivity index (χ0v) is 12.2. The van der Waals surface area contributed by atoms with Gasteiger partial charge in [-0.3, -0.25) is 14.4 Å². The fraction of sp³-hybridized carbons (Fsp3) is 0.400. The molecule has 2 amide bonds. The Kier molecular flexibility index (Phi) is 5.43. The maximum Gasteiger partial charge on any atom is 0.247 e. The van der Waals surface area contributed by atoms with Crippen molar-refractivity contribution in [2.45, 2.75) is 33.7 Å². The van der Waals surface area contributed by atoms with Crippen molar-refractivity contribution in [3.05, 3.63) is 29.8 Å². The van der Waals surface area contributed by atoms with Gasteiger partial charge in [-0.15, -0.1) is 0 Å². The molecule has 0 bridgehead atoms. The van der Waals surface area contributed by atoms with E-state index in [1.807, 2.05) is 13.8 Å². The van der Waals surface area contributed by atoms with Crippen LogP contribution < -0.4 is 10.6 Å². The lowest BCUT2D eigenvalue weighted by Crippen LogP contribution is -2.46. The number of amides is 2. The third-order valence-electron chi connectivity index (χ3n) is 2.87. The average molecular weight is 276 g/mol. The molecule has 5 heteroatoms. The molecule has 0 fully saturated rings. The molecule has 108 valence electrons. The largest absolute Gasteiger partial charge is 0.344 e. The summed E-state index contributed by atoms with van der Waals surface area (Å²) in [5, 5.41) is 5.35. The van der Waals surface area contributed by atoms with E-state index in [-0.39, 0.29) is 23.5 Å². The number of Topliss-reactive ketones (excluding diaryl/α,β-unsaturated/α-hetero) is 1. The van der Waals surface area contributed by atoms with Gasteiger partial charge in [-0.2, -0.15) is 0 Å². The van der Waals surface area contributed by atoms with Crippen LogP contribution in [0.15, 0.2) is 24.3 Å². The maximum absolute atomic E-state index is 12.1. The summed E-state index contributed by atoms with van der Waals surface area (Å²) in [6.45, 7) is 6.58. The first-order chi connectivity index (χ1) is 9.31. The van der Waals surface area contributed by atoms with E-state index in [4.69, 9.17) is 0 Å². The molecule has 1 aromatic carbocycles. The minimum Gasteiger partial charge on any atom is -0.344 e. The molecule has 0 saturated heterocycles. The minimum absolute atomic E-state index is 0.0182. The predicted molar refractivity (Wildman–Crippen MR) is 77.5 cm³/mol. The monoisotopic (exact) mass is 276 g/mol. The van der Waals surface area contributed by atoms with E-state index in [2.05, 4.69) is 10.6 Å². The van der Waals surface area contributed by atoms with E-state index < -0.39 is 6.04 Å². The Morgan fingerprint density at radius 2 is 1.55 bits per heavy atom. The summed E-state index contributed by atoms with van der Waals surface area (Å²) in [6, 6.07) is 6.06. The van der Waals surface area contributed by atoms with Gasteiger partial charge in [-0.25, -0.2) is 0 Å². The summed E-state index contributed by atoms with van der Waals surface area (Å²) in [5.74, 6) is -0.562. The zero-order valence-electron chi connectivity index (χ0n) is 12.2. The molecule has 0 saturated carbocycles. The Morgan fingerprint density at radius 1 is 1.00 bits per heavy atom. The molecule has 1 atom stereocenters. The van der Waals surface area contributed by atoms with Crippen molar-refractivity contribution >= 4 is 23.3 Å². The van der Waals surface area contributed by atoms with Gasteiger partial charge < -0.3 is 10.6 Å². The van der Waals surface area contributed by atoms with Crippen molar-refractivity contribution < 1.29 is 14.4 Å². The van der Waals surface area contributed by atoms with Crippen molar-refractivity contribution in [2.75, 3.05) is 5.32 Å². The summed E-state index contributed by atoms with van der Waals surface area (Å²) >= 11 is 0. The van der Waals surface area contributed by atoms with Gasteiger partial charge >= 0.3 is 0 Å². The zero-order chi connectivity index (χ0) is 15.3. The molecule has 5 nitrogen and oxygen atoms in total. The highest BCUT2D eigenvalue weighted by molar-refractivity contribution is 5.98. The summed E-state index contributed by atoms with van der Waals surface area (Å²) in [7, 11) is 0. The van der Waals surface area contributed by atoms with Gasteiger partial charge in [-0.05, 0) is 37.1 Å². The second-order valence-electron chi connectivity index (χ2n) is 5.04. The molecule has 0 spiro atoms. The van der Waals surface area contributed by atoms with Crippen LogP contribution in [-0.2, 0) is 9.59 Å². The molecule has 0 aliphatic heterocycles. The van der Waals surface area contributed by atoms with Crippen molar-refractivity contribution in [2.24, 2.45) is 5.92 Å². The van der Waals surface area contributed by atoms with Gasteiger partial charge in [0.2, 0.25) is 11.8 Å². The first-order valence-electron chi connectivity index (χ1n) is 6.50. The molecule has 0 radical (unpaired) electrons. The first-order valence-corrected chi connectivity index (χ1v) is 6.50. The standard InChI is InChI=1S/C15H20N2O3/c1-9(2)14(16-11(4)19)15(20)17-13-7-5-12(6-8-13)10(3)18/h5-9,14H,1-4H3,(H,16,19)(H,17,20). The molecule has 1 aromatic rings. The number of ketones is 1. The molecule has 0 aliphatic rings. The first kappa shape index (κ1) is 15.9. The molecular formula is C15H20N2O3. The number of hydrogen-bond donors (Lipinski definition) is 2. The van der Waals surface area contributed by atoms with Gasteiger partial charge in [-0.1, -0.05) is 13.8 Å². The van der Waals surface area contributed by atoms with Crippen LogP contribution in [0.3, 0.4) is 0 Å². The highest BCUT2D eigenvalue weighted by atomic mass is 16.2. The van der Waals surface area contributed by atoms with Crippen molar-refractivity contribution in [1.82, 2.24) is 5.32 Å². The lowest BCUT2D eigenvalue weighted by Gasteiger charge is -2.20. The minimum atomic E-state index is -0.583. The Morgan fingerprint density at radius 3 is 1.95 bits per heavy atom. The van der Waals surface area contributed by atoms with Crippen LogP contribution in [0.25, 0.3) is 0 Å². The molecule has 1 unspecified atom stereocenters. The van der Waals surface area contributed by atoms with E-state index in [1.54, 1.807) is 24.3 Å². The molecule has 0 aliphatic carbocycles. The maximum atomic E-state index is 12.1. The van der Waals surface area contributed by atoms with Crippen LogP contribution in [0.2, 0.25) is 0 Å². The van der Waals surface area contributed by atoms with Crippen LogP contribution in [0.5, 0.6) is 0 Å². The summed E-state index contributed by atoms with van der Waals surface area (Å²) < 4.78 is 0. The Bertz CT molecular complexity index is 506. The van der Waals surface area contributed by atoms with Gasteiger partial charge in [0.15, 0.2) is 5.78 Å². The topological polar surface area (TPSA) is 75.3 Å². The number of rotatable bonds is 5. The normalized spacial score (nSPS) is 11.8. The quantitative estimate of drug-likeness (QED) is 0.807. The Labute approximate surface area is 118 Å². The SMILES string of the molecule is CC(=O)NC(C(=O)Nc1ccc(C(C)=O)cc1)C(C)C. The number of anilines is 1. The predicted octanol–water partition coefficient (Wildman–Crippen LogP) is 1.99. The number of nitrogens with one attached hydrogen (secondary N) is 2. The summed E-state index contributed by atoms with van der Waals surface area (Å²) in [5.41, 5.74) is 1.18. The summed E-state index contributed by atoms with van der Waals surface area (Å²) in [4.78, 5) is 34.4. The Hall–Kier alpha value is -2.17. The van der Waals surface area contributed by atoms with Crippen molar-refractivity contribution in [3.8, 4) is 0 Å². The molecule has 0 aromatic heterocycles. The van der Waals surface area contributed by atoms with Crippen LogP contribution >= 0.6 is 0 Å². The van der Waals surface area contributed by atoms with Crippen LogP contribution in [0, 0.1) is 5.92 Å². The second kappa shape index (κ2) is 6.84. The lowest BCUT2D eigenvalue weighted by molar-refractivity contribution is -0.126. The van der Waals surface area contributed by atoms with Crippen molar-refractivity contribution in [3.63, 3.8) is 0 Å². The molecule has 2 N–H and O–H groups in total. The van der Waals surface area contributed by atoms with Crippen LogP contribution in [0.4, 0.5) is 5.69 Å². The molecule has 0 heterocycles. The van der Waals surface area contributed by atoms with E-state index in [1.165, 1.54) is 13.8 Å². The summed E-state index contributed by atoms with van der Waals surface area (Å²) in [6.07, 6.45) is 0. The van der Waals surface area contributed by atoms with E-state index in [9.17, 15) is 14.4 Å². The Balaban J connectivity index is 2.77. The number of benzene rings is 1.